The summed E-state index contributed by atoms with van der Waals surface area (Å²) in [4.78, 5) is 39.3. The zero-order valence-corrected chi connectivity index (χ0v) is 18.1. The van der Waals surface area contributed by atoms with Crippen LogP contribution in [0.5, 0.6) is 5.75 Å². The predicted molar refractivity (Wildman–Crippen MR) is 113 cm³/mol. The molecule has 31 heavy (non-hydrogen) atoms. The van der Waals surface area contributed by atoms with Gasteiger partial charge in [0.1, 0.15) is 5.75 Å². The van der Waals surface area contributed by atoms with Crippen LogP contribution in [0.4, 0.5) is 0 Å². The predicted octanol–water partition coefficient (Wildman–Crippen LogP) is 0.724. The summed E-state index contributed by atoms with van der Waals surface area (Å²) < 4.78 is 10.0. The van der Waals surface area contributed by atoms with E-state index in [1.165, 1.54) is 5.56 Å². The molecule has 9 heteroatoms. The number of piperazine rings is 1. The van der Waals surface area contributed by atoms with Crippen LogP contribution in [0.2, 0.25) is 0 Å². The molecule has 9 nitrogen and oxygen atoms in total. The number of hydrogen-bond donors (Lipinski definition) is 2. The van der Waals surface area contributed by atoms with Gasteiger partial charge in [0.15, 0.2) is 12.2 Å². The van der Waals surface area contributed by atoms with Crippen LogP contribution in [0, 0.1) is 5.92 Å². The summed E-state index contributed by atoms with van der Waals surface area (Å²) in [7, 11) is 1.65. The van der Waals surface area contributed by atoms with E-state index in [2.05, 4.69) is 22.3 Å². The zero-order valence-electron chi connectivity index (χ0n) is 18.1. The second kappa shape index (κ2) is 10.6. The fourth-order valence-corrected chi connectivity index (χ4v) is 3.72. The lowest BCUT2D eigenvalue weighted by Crippen LogP contribution is -2.48. The lowest BCUT2D eigenvalue weighted by Gasteiger charge is -2.35. The van der Waals surface area contributed by atoms with Crippen LogP contribution in [0.3, 0.4) is 0 Å². The van der Waals surface area contributed by atoms with Gasteiger partial charge in [0.05, 0.1) is 7.11 Å². The summed E-state index contributed by atoms with van der Waals surface area (Å²) in [6, 6.07) is 8.05. The normalized spacial score (nSPS) is 21.9. The van der Waals surface area contributed by atoms with Gasteiger partial charge in [-0.2, -0.15) is 0 Å². The number of carboxylic acid groups (broad SMARTS) is 1. The molecule has 0 spiro atoms. The number of nitrogens with one attached hydrogen (secondary N) is 1. The van der Waals surface area contributed by atoms with Crippen LogP contribution < -0.4 is 10.1 Å². The van der Waals surface area contributed by atoms with Gasteiger partial charge in [0.2, 0.25) is 5.91 Å². The highest BCUT2D eigenvalue weighted by Gasteiger charge is 2.50. The third kappa shape index (κ3) is 6.67. The standard InChI is InChI=1S/C22H31N3O6/c1-15(7-8-23-21(27)19-20(31-19)22(28)29)13-18(26)25-11-9-24(10-12-25)14-16-3-5-17(30-2)6-4-16/h3-6,15,19-20H,7-14H2,1-2H3,(H,23,27)(H,28,29)/t15-,19+,20+/m0/s1. The molecule has 2 aliphatic rings. The lowest BCUT2D eigenvalue weighted by molar-refractivity contribution is -0.138. The molecule has 0 aliphatic carbocycles. The Morgan fingerprint density at radius 2 is 1.84 bits per heavy atom. The van der Waals surface area contributed by atoms with Crippen LogP contribution in [0.25, 0.3) is 0 Å². The van der Waals surface area contributed by atoms with Crippen molar-refractivity contribution in [3.05, 3.63) is 29.8 Å². The molecule has 2 fully saturated rings. The Morgan fingerprint density at radius 3 is 2.42 bits per heavy atom. The Labute approximate surface area is 182 Å². The molecule has 0 saturated carbocycles. The summed E-state index contributed by atoms with van der Waals surface area (Å²) in [5.41, 5.74) is 1.22. The highest BCUT2D eigenvalue weighted by atomic mass is 16.6. The number of carboxylic acids is 1. The zero-order chi connectivity index (χ0) is 22.4. The molecule has 2 N–H and O–H groups in total. The van der Waals surface area contributed by atoms with Gasteiger partial charge >= 0.3 is 5.97 Å². The summed E-state index contributed by atoms with van der Waals surface area (Å²) in [6.07, 6.45) is -0.822. The Kier molecular flexibility index (Phi) is 7.86. The fourth-order valence-electron chi connectivity index (χ4n) is 3.72. The largest absolute Gasteiger partial charge is 0.497 e. The number of aliphatic carboxylic acids is 1. The van der Waals surface area contributed by atoms with Crippen molar-refractivity contribution in [1.82, 2.24) is 15.1 Å². The summed E-state index contributed by atoms with van der Waals surface area (Å²) in [6.45, 7) is 6.35. The monoisotopic (exact) mass is 433 g/mol. The SMILES string of the molecule is COc1ccc(CN2CCN(C(=O)C[C@@H](C)CCNC(=O)[C@@H]3O[C@H]3C(=O)O)CC2)cc1. The van der Waals surface area contributed by atoms with E-state index in [-0.39, 0.29) is 11.8 Å². The van der Waals surface area contributed by atoms with Crippen molar-refractivity contribution in [2.75, 3.05) is 39.8 Å². The molecular weight excluding hydrogens is 402 g/mol. The minimum absolute atomic E-state index is 0.125. The number of ether oxygens (including phenoxy) is 2. The Hall–Kier alpha value is -2.65. The molecule has 0 radical (unpaired) electrons. The Morgan fingerprint density at radius 1 is 1.16 bits per heavy atom. The molecule has 3 rings (SSSR count). The van der Waals surface area contributed by atoms with E-state index < -0.39 is 24.1 Å². The van der Waals surface area contributed by atoms with Gasteiger partial charge in [-0.1, -0.05) is 19.1 Å². The molecule has 1 aromatic carbocycles. The number of carbonyl (C=O) groups excluding carboxylic acids is 2. The average Bonchev–Trinajstić information content (AvgIpc) is 3.56. The summed E-state index contributed by atoms with van der Waals surface area (Å²) >= 11 is 0. The lowest BCUT2D eigenvalue weighted by atomic mass is 10.0. The van der Waals surface area contributed by atoms with Crippen LogP contribution in [0.15, 0.2) is 24.3 Å². The molecule has 2 amide bonds. The second-order valence-corrected chi connectivity index (χ2v) is 8.21. The van der Waals surface area contributed by atoms with E-state index in [0.29, 0.717) is 32.5 Å². The molecule has 2 aliphatic heterocycles. The van der Waals surface area contributed by atoms with Gasteiger partial charge in [0, 0.05) is 45.7 Å². The van der Waals surface area contributed by atoms with Crippen molar-refractivity contribution in [3.63, 3.8) is 0 Å². The number of amides is 2. The van der Waals surface area contributed by atoms with Crippen LogP contribution in [0.1, 0.15) is 25.3 Å². The van der Waals surface area contributed by atoms with Crippen molar-refractivity contribution >= 4 is 17.8 Å². The maximum Gasteiger partial charge on any atom is 0.336 e. The summed E-state index contributed by atoms with van der Waals surface area (Å²) in [5.74, 6) is -0.416. The van der Waals surface area contributed by atoms with Gasteiger partial charge in [-0.3, -0.25) is 14.5 Å². The van der Waals surface area contributed by atoms with Gasteiger partial charge in [0.25, 0.3) is 5.91 Å². The first kappa shape index (κ1) is 23.0. The number of benzene rings is 1. The molecule has 0 aromatic heterocycles. The van der Waals surface area contributed by atoms with E-state index in [1.54, 1.807) is 7.11 Å². The van der Waals surface area contributed by atoms with Gasteiger partial charge in [-0.25, -0.2) is 4.79 Å². The molecule has 0 bridgehead atoms. The molecule has 3 atom stereocenters. The third-order valence-corrected chi connectivity index (χ3v) is 5.74. The van der Waals surface area contributed by atoms with Gasteiger partial charge in [-0.05, 0) is 30.0 Å². The van der Waals surface area contributed by atoms with Crippen LogP contribution >= 0.6 is 0 Å². The van der Waals surface area contributed by atoms with E-state index >= 15 is 0 Å². The second-order valence-electron chi connectivity index (χ2n) is 8.21. The van der Waals surface area contributed by atoms with Crippen molar-refractivity contribution in [2.45, 2.75) is 38.5 Å². The molecule has 0 unspecified atom stereocenters. The molecule has 170 valence electrons. The molecule has 2 saturated heterocycles. The van der Waals surface area contributed by atoms with E-state index in [1.807, 2.05) is 24.0 Å². The van der Waals surface area contributed by atoms with Crippen molar-refractivity contribution in [1.29, 1.82) is 0 Å². The van der Waals surface area contributed by atoms with Crippen molar-refractivity contribution < 1.29 is 29.0 Å². The van der Waals surface area contributed by atoms with E-state index in [4.69, 9.17) is 14.6 Å². The minimum Gasteiger partial charge on any atom is -0.497 e. The maximum absolute atomic E-state index is 12.6. The number of nitrogens with zero attached hydrogens (tertiary/aromatic N) is 2. The highest BCUT2D eigenvalue weighted by molar-refractivity contribution is 5.92. The number of hydrogen-bond acceptors (Lipinski definition) is 6. The third-order valence-electron chi connectivity index (χ3n) is 5.74. The molecular formula is C22H31N3O6. The topological polar surface area (TPSA) is 112 Å². The molecule has 1 aromatic rings. The Balaban J connectivity index is 1.31. The smallest absolute Gasteiger partial charge is 0.336 e. The number of rotatable bonds is 10. The first-order valence-electron chi connectivity index (χ1n) is 10.7. The van der Waals surface area contributed by atoms with Crippen molar-refractivity contribution in [3.8, 4) is 5.75 Å². The van der Waals surface area contributed by atoms with E-state index in [0.717, 1.165) is 25.4 Å². The minimum atomic E-state index is -1.12. The van der Waals surface area contributed by atoms with Crippen LogP contribution in [-0.2, 0) is 25.7 Å². The number of carbonyl (C=O) groups is 3. The number of methoxy groups -OCH3 is 1. The van der Waals surface area contributed by atoms with Gasteiger partial charge < -0.3 is 24.8 Å². The van der Waals surface area contributed by atoms with Gasteiger partial charge in [-0.15, -0.1) is 0 Å². The first-order chi connectivity index (χ1) is 14.9. The first-order valence-corrected chi connectivity index (χ1v) is 10.7. The highest BCUT2D eigenvalue weighted by Crippen LogP contribution is 2.22. The molecule has 2 heterocycles. The Bertz CT molecular complexity index is 776. The fraction of sp³-hybridized carbons (Fsp3) is 0.591. The average molecular weight is 434 g/mol. The van der Waals surface area contributed by atoms with Crippen molar-refractivity contribution in [2.24, 2.45) is 5.92 Å². The van der Waals surface area contributed by atoms with Crippen LogP contribution in [-0.4, -0.2) is 84.7 Å². The van der Waals surface area contributed by atoms with E-state index in [9.17, 15) is 14.4 Å². The summed E-state index contributed by atoms with van der Waals surface area (Å²) in [5, 5.41) is 11.4. The number of epoxide rings is 1. The quantitative estimate of drug-likeness (QED) is 0.523. The maximum atomic E-state index is 12.6.